The van der Waals surface area contributed by atoms with E-state index in [1.165, 1.54) is 6.07 Å². The molecule has 0 atom stereocenters. The van der Waals surface area contributed by atoms with Gasteiger partial charge in [-0.1, -0.05) is 24.3 Å². The summed E-state index contributed by atoms with van der Waals surface area (Å²) in [7, 11) is 0. The summed E-state index contributed by atoms with van der Waals surface area (Å²) in [6.45, 7) is -2.81. The summed E-state index contributed by atoms with van der Waals surface area (Å²) >= 11 is 0. The van der Waals surface area contributed by atoms with Gasteiger partial charge in [0.15, 0.2) is 0 Å². The van der Waals surface area contributed by atoms with Crippen LogP contribution in [0.25, 0.3) is 10.8 Å². The van der Waals surface area contributed by atoms with Crippen LogP contribution in [0.15, 0.2) is 36.4 Å². The van der Waals surface area contributed by atoms with Gasteiger partial charge in [0.05, 0.1) is 12.5 Å². The van der Waals surface area contributed by atoms with Crippen molar-refractivity contribution in [2.24, 2.45) is 0 Å². The number of fused-ring (bicyclic) bond motifs is 1. The van der Waals surface area contributed by atoms with Crippen LogP contribution in [0.2, 0.25) is 0 Å². The molecule has 4 heteroatoms. The van der Waals surface area contributed by atoms with Crippen LogP contribution in [0.5, 0.6) is 5.75 Å². The van der Waals surface area contributed by atoms with Crippen LogP contribution in [-0.2, 0) is 6.42 Å². The fourth-order valence-corrected chi connectivity index (χ4v) is 1.65. The van der Waals surface area contributed by atoms with Gasteiger partial charge >= 0.3 is 6.61 Å². The number of hydrogen-bond donors (Lipinski definition) is 0. The van der Waals surface area contributed by atoms with Crippen molar-refractivity contribution in [2.75, 3.05) is 0 Å². The molecule has 0 N–H and O–H groups in total. The van der Waals surface area contributed by atoms with E-state index in [9.17, 15) is 8.78 Å². The highest BCUT2D eigenvalue weighted by Crippen LogP contribution is 2.23. The molecule has 0 aliphatic heterocycles. The number of halogens is 2. The van der Waals surface area contributed by atoms with Crippen LogP contribution in [0.3, 0.4) is 0 Å². The van der Waals surface area contributed by atoms with Crippen LogP contribution >= 0.6 is 0 Å². The Balaban J connectivity index is 2.37. The Morgan fingerprint density at radius 1 is 1.12 bits per heavy atom. The summed E-state index contributed by atoms with van der Waals surface area (Å²) in [5.41, 5.74) is 0.905. The second-order valence-corrected chi connectivity index (χ2v) is 3.56. The smallest absolute Gasteiger partial charge is 0.387 e. The van der Waals surface area contributed by atoms with Crippen molar-refractivity contribution in [2.45, 2.75) is 13.0 Å². The Morgan fingerprint density at radius 2 is 1.82 bits per heavy atom. The minimum atomic E-state index is -2.81. The maximum atomic E-state index is 12.0. The molecule has 0 bridgehead atoms. The van der Waals surface area contributed by atoms with Crippen LogP contribution < -0.4 is 4.74 Å². The zero-order valence-electron chi connectivity index (χ0n) is 8.86. The third-order valence-electron chi connectivity index (χ3n) is 2.38. The molecule has 0 aliphatic rings. The van der Waals surface area contributed by atoms with Crippen LogP contribution in [0.4, 0.5) is 8.78 Å². The number of nitrogens with zero attached hydrogens (tertiary/aromatic N) is 1. The summed E-state index contributed by atoms with van der Waals surface area (Å²) in [5.74, 6) is 0.139. The highest BCUT2D eigenvalue weighted by atomic mass is 19.3. The first-order valence-corrected chi connectivity index (χ1v) is 5.03. The lowest BCUT2D eigenvalue weighted by Crippen LogP contribution is -2.01. The quantitative estimate of drug-likeness (QED) is 0.812. The Morgan fingerprint density at radius 3 is 2.53 bits per heavy atom. The summed E-state index contributed by atoms with van der Waals surface area (Å²) in [5, 5.41) is 10.3. The average Bonchev–Trinajstić information content (AvgIpc) is 2.29. The van der Waals surface area contributed by atoms with E-state index in [2.05, 4.69) is 10.8 Å². The molecule has 0 aliphatic carbocycles. The lowest BCUT2D eigenvalue weighted by molar-refractivity contribution is -0.0497. The van der Waals surface area contributed by atoms with Gasteiger partial charge in [0, 0.05) is 0 Å². The van der Waals surface area contributed by atoms with Gasteiger partial charge in [0.25, 0.3) is 0 Å². The van der Waals surface area contributed by atoms with E-state index >= 15 is 0 Å². The third-order valence-corrected chi connectivity index (χ3v) is 2.38. The summed E-state index contributed by atoms with van der Waals surface area (Å²) < 4.78 is 28.4. The highest BCUT2D eigenvalue weighted by molar-refractivity contribution is 5.84. The van der Waals surface area contributed by atoms with Crippen LogP contribution in [-0.4, -0.2) is 6.61 Å². The van der Waals surface area contributed by atoms with Gasteiger partial charge in [-0.15, -0.1) is 0 Å². The Hall–Kier alpha value is -2.15. The van der Waals surface area contributed by atoms with Crippen molar-refractivity contribution >= 4 is 10.8 Å². The van der Waals surface area contributed by atoms with Crippen molar-refractivity contribution in [3.05, 3.63) is 42.0 Å². The van der Waals surface area contributed by atoms with E-state index in [1.807, 2.05) is 6.07 Å². The Bertz CT molecular complexity index is 575. The fraction of sp³-hybridized carbons (Fsp3) is 0.154. The zero-order chi connectivity index (χ0) is 12.3. The number of nitriles is 1. The molecule has 0 amide bonds. The second kappa shape index (κ2) is 4.79. The molecule has 2 aromatic rings. The maximum Gasteiger partial charge on any atom is 0.387 e. The molecule has 0 spiro atoms. The molecular weight excluding hydrogens is 224 g/mol. The summed E-state index contributed by atoms with van der Waals surface area (Å²) in [6.07, 6.45) is 0.339. The average molecular weight is 233 g/mol. The second-order valence-electron chi connectivity index (χ2n) is 3.56. The molecule has 0 aromatic heterocycles. The topological polar surface area (TPSA) is 33.0 Å². The molecule has 2 aromatic carbocycles. The molecule has 2 rings (SSSR count). The lowest BCUT2D eigenvalue weighted by atomic mass is 10.1. The third kappa shape index (κ3) is 2.70. The Kier molecular flexibility index (Phi) is 3.20. The van der Waals surface area contributed by atoms with E-state index in [0.29, 0.717) is 6.42 Å². The first-order chi connectivity index (χ1) is 8.19. The van der Waals surface area contributed by atoms with Crippen molar-refractivity contribution in [3.8, 4) is 11.8 Å². The van der Waals surface area contributed by atoms with Crippen LogP contribution in [0.1, 0.15) is 5.56 Å². The van der Waals surface area contributed by atoms with E-state index in [-0.39, 0.29) is 5.75 Å². The van der Waals surface area contributed by atoms with Crippen molar-refractivity contribution in [3.63, 3.8) is 0 Å². The largest absolute Gasteiger partial charge is 0.435 e. The van der Waals surface area contributed by atoms with E-state index in [4.69, 9.17) is 5.26 Å². The maximum absolute atomic E-state index is 12.0. The number of alkyl halides is 2. The molecule has 86 valence electrons. The zero-order valence-corrected chi connectivity index (χ0v) is 8.86. The van der Waals surface area contributed by atoms with Gasteiger partial charge in [-0.25, -0.2) is 0 Å². The highest BCUT2D eigenvalue weighted by Gasteiger charge is 2.05. The molecule has 0 heterocycles. The molecule has 17 heavy (non-hydrogen) atoms. The molecule has 0 unspecified atom stereocenters. The molecule has 0 saturated carbocycles. The van der Waals surface area contributed by atoms with Gasteiger partial charge in [0.1, 0.15) is 5.75 Å². The predicted octanol–water partition coefficient (Wildman–Crippen LogP) is 3.51. The van der Waals surface area contributed by atoms with Gasteiger partial charge in [-0.05, 0) is 28.5 Å². The standard InChI is InChI=1S/C13H9F2NO/c14-13(15)17-12-4-3-10-7-9(5-6-16)1-2-11(10)8-12/h1-4,7-8,13H,5H2. The first kappa shape index (κ1) is 11.3. The van der Waals surface area contributed by atoms with Gasteiger partial charge in [0.2, 0.25) is 0 Å². The monoisotopic (exact) mass is 233 g/mol. The van der Waals surface area contributed by atoms with Crippen molar-refractivity contribution < 1.29 is 13.5 Å². The van der Waals surface area contributed by atoms with Crippen molar-refractivity contribution in [1.82, 2.24) is 0 Å². The molecule has 0 radical (unpaired) electrons. The van der Waals surface area contributed by atoms with Crippen LogP contribution in [0, 0.1) is 11.3 Å². The number of ether oxygens (including phenoxy) is 1. The Labute approximate surface area is 97.0 Å². The summed E-state index contributed by atoms with van der Waals surface area (Å²) in [6, 6.07) is 12.3. The number of benzene rings is 2. The van der Waals surface area contributed by atoms with E-state index in [0.717, 1.165) is 16.3 Å². The predicted molar refractivity (Wildman–Crippen MR) is 59.9 cm³/mol. The summed E-state index contributed by atoms with van der Waals surface area (Å²) in [4.78, 5) is 0. The van der Waals surface area contributed by atoms with Crippen molar-refractivity contribution in [1.29, 1.82) is 5.26 Å². The van der Waals surface area contributed by atoms with E-state index < -0.39 is 6.61 Å². The molecule has 0 saturated heterocycles. The minimum absolute atomic E-state index is 0.139. The number of hydrogen-bond acceptors (Lipinski definition) is 2. The molecule has 2 nitrogen and oxygen atoms in total. The number of rotatable bonds is 3. The minimum Gasteiger partial charge on any atom is -0.435 e. The van der Waals surface area contributed by atoms with Gasteiger partial charge < -0.3 is 4.74 Å². The fourth-order valence-electron chi connectivity index (χ4n) is 1.65. The first-order valence-electron chi connectivity index (χ1n) is 5.03. The van der Waals surface area contributed by atoms with E-state index in [1.54, 1.807) is 24.3 Å². The lowest BCUT2D eigenvalue weighted by Gasteiger charge is -2.06. The van der Waals surface area contributed by atoms with Gasteiger partial charge in [-0.2, -0.15) is 14.0 Å². The van der Waals surface area contributed by atoms with Gasteiger partial charge in [-0.3, -0.25) is 0 Å². The molecule has 0 fully saturated rings. The normalized spacial score (nSPS) is 10.5. The SMILES string of the molecule is N#CCc1ccc2cc(OC(F)F)ccc2c1. The molecular formula is C13H9F2NO.